The smallest absolute Gasteiger partial charge is 0.170 e. The Balaban J connectivity index is 1.55. The Morgan fingerprint density at radius 2 is 2.30 bits per heavy atom. The van der Waals surface area contributed by atoms with Crippen LogP contribution in [-0.2, 0) is 11.2 Å². The Morgan fingerprint density at radius 3 is 3.10 bits per heavy atom. The molecule has 3 rings (SSSR count). The Hall–Kier alpha value is -1.37. The fraction of sp³-hybridized carbons (Fsp3) is 0.500. The van der Waals surface area contributed by atoms with Crippen molar-refractivity contribution >= 4 is 23.0 Å². The fourth-order valence-corrected chi connectivity index (χ4v) is 2.75. The quantitative estimate of drug-likeness (QED) is 0.719. The van der Waals surface area contributed by atoms with E-state index < -0.39 is 0 Å². The SMILES string of the molecule is N[C@H]1COCC1CNC(=S)Nc1cccc2c1CCO2. The lowest BCUT2D eigenvalue weighted by Gasteiger charge is -2.17. The normalized spacial score (nSPS) is 24.1. The molecule has 2 atom stereocenters. The summed E-state index contributed by atoms with van der Waals surface area (Å²) in [7, 11) is 0. The van der Waals surface area contributed by atoms with Gasteiger partial charge in [-0.05, 0) is 24.4 Å². The van der Waals surface area contributed by atoms with Gasteiger partial charge in [0.15, 0.2) is 5.11 Å². The molecule has 2 aliphatic rings. The van der Waals surface area contributed by atoms with E-state index in [1.165, 1.54) is 5.56 Å². The second-order valence-electron chi connectivity index (χ2n) is 5.18. The number of fused-ring (bicyclic) bond motifs is 1. The molecule has 5 nitrogen and oxygen atoms in total. The summed E-state index contributed by atoms with van der Waals surface area (Å²) in [5.41, 5.74) is 8.16. The third-order valence-corrected chi connectivity index (χ3v) is 4.01. The predicted octanol–water partition coefficient (Wildman–Crippen LogP) is 0.882. The van der Waals surface area contributed by atoms with Crippen molar-refractivity contribution in [2.75, 3.05) is 31.7 Å². The molecule has 0 saturated carbocycles. The molecule has 1 aromatic carbocycles. The van der Waals surface area contributed by atoms with Crippen LogP contribution in [-0.4, -0.2) is 37.5 Å². The maximum atomic E-state index is 5.95. The first kappa shape index (κ1) is 13.6. The second-order valence-corrected chi connectivity index (χ2v) is 5.59. The molecular formula is C14H19N3O2S. The van der Waals surface area contributed by atoms with Crippen LogP contribution in [0.4, 0.5) is 5.69 Å². The van der Waals surface area contributed by atoms with Crippen molar-refractivity contribution in [1.82, 2.24) is 5.32 Å². The summed E-state index contributed by atoms with van der Waals surface area (Å²) in [4.78, 5) is 0. The van der Waals surface area contributed by atoms with Crippen molar-refractivity contribution in [3.8, 4) is 5.75 Å². The number of hydrogen-bond donors (Lipinski definition) is 3. The number of nitrogens with one attached hydrogen (secondary N) is 2. The first-order valence-electron chi connectivity index (χ1n) is 6.87. The lowest BCUT2D eigenvalue weighted by Crippen LogP contribution is -2.39. The summed E-state index contributed by atoms with van der Waals surface area (Å²) < 4.78 is 10.9. The lowest BCUT2D eigenvalue weighted by atomic mass is 10.1. The van der Waals surface area contributed by atoms with Gasteiger partial charge in [-0.15, -0.1) is 0 Å². The van der Waals surface area contributed by atoms with E-state index in [9.17, 15) is 0 Å². The third kappa shape index (κ3) is 2.87. The summed E-state index contributed by atoms with van der Waals surface area (Å²) in [6, 6.07) is 6.07. The Kier molecular flexibility index (Phi) is 4.05. The number of thiocarbonyl (C=S) groups is 1. The maximum Gasteiger partial charge on any atom is 0.170 e. The van der Waals surface area contributed by atoms with Crippen LogP contribution in [0.2, 0.25) is 0 Å². The highest BCUT2D eigenvalue weighted by Gasteiger charge is 2.24. The average Bonchev–Trinajstić information content (AvgIpc) is 3.06. The van der Waals surface area contributed by atoms with Gasteiger partial charge in [-0.25, -0.2) is 0 Å². The monoisotopic (exact) mass is 293 g/mol. The molecule has 1 unspecified atom stereocenters. The van der Waals surface area contributed by atoms with Gasteiger partial charge >= 0.3 is 0 Å². The zero-order valence-electron chi connectivity index (χ0n) is 11.2. The summed E-state index contributed by atoms with van der Waals surface area (Å²) in [5.74, 6) is 1.27. The first-order chi connectivity index (χ1) is 9.74. The summed E-state index contributed by atoms with van der Waals surface area (Å²) in [6.45, 7) is 2.81. The van der Waals surface area contributed by atoms with Gasteiger partial charge in [0.25, 0.3) is 0 Å². The van der Waals surface area contributed by atoms with E-state index in [2.05, 4.69) is 10.6 Å². The van der Waals surface area contributed by atoms with E-state index in [4.69, 9.17) is 27.4 Å². The largest absolute Gasteiger partial charge is 0.493 e. The van der Waals surface area contributed by atoms with Crippen molar-refractivity contribution in [2.45, 2.75) is 12.5 Å². The second kappa shape index (κ2) is 5.95. The summed E-state index contributed by atoms with van der Waals surface area (Å²) >= 11 is 5.34. The van der Waals surface area contributed by atoms with Gasteiger partial charge in [0.05, 0.1) is 19.8 Å². The van der Waals surface area contributed by atoms with E-state index in [1.807, 2.05) is 18.2 Å². The van der Waals surface area contributed by atoms with E-state index in [0.29, 0.717) is 24.2 Å². The topological polar surface area (TPSA) is 68.5 Å². The molecule has 0 aliphatic carbocycles. The van der Waals surface area contributed by atoms with Gasteiger partial charge in [0.1, 0.15) is 5.75 Å². The molecule has 1 saturated heterocycles. The average molecular weight is 293 g/mol. The van der Waals surface area contributed by atoms with Crippen molar-refractivity contribution in [2.24, 2.45) is 11.7 Å². The molecule has 4 N–H and O–H groups in total. The van der Waals surface area contributed by atoms with E-state index >= 15 is 0 Å². The molecule has 2 aliphatic heterocycles. The van der Waals surface area contributed by atoms with Crippen LogP contribution in [0.1, 0.15) is 5.56 Å². The molecule has 0 amide bonds. The number of nitrogens with two attached hydrogens (primary N) is 1. The molecule has 108 valence electrons. The van der Waals surface area contributed by atoms with Crippen LogP contribution >= 0.6 is 12.2 Å². The molecule has 1 aromatic rings. The van der Waals surface area contributed by atoms with Crippen LogP contribution < -0.4 is 21.1 Å². The predicted molar refractivity (Wildman–Crippen MR) is 82.1 cm³/mol. The van der Waals surface area contributed by atoms with Crippen LogP contribution in [0.3, 0.4) is 0 Å². The van der Waals surface area contributed by atoms with E-state index in [1.54, 1.807) is 0 Å². The molecule has 0 bridgehead atoms. The molecule has 0 radical (unpaired) electrons. The minimum absolute atomic E-state index is 0.0969. The number of anilines is 1. The third-order valence-electron chi connectivity index (χ3n) is 3.76. The van der Waals surface area contributed by atoms with Gasteiger partial charge in [0, 0.05) is 36.2 Å². The first-order valence-corrected chi connectivity index (χ1v) is 7.28. The Bertz CT molecular complexity index is 509. The van der Waals surface area contributed by atoms with Crippen molar-refractivity contribution in [3.63, 3.8) is 0 Å². The highest BCUT2D eigenvalue weighted by molar-refractivity contribution is 7.80. The van der Waals surface area contributed by atoms with Gasteiger partial charge in [-0.2, -0.15) is 0 Å². The molecule has 6 heteroatoms. The Morgan fingerprint density at radius 1 is 1.40 bits per heavy atom. The standard InChI is InChI=1S/C14H19N3O2S/c15-11-8-18-7-9(11)6-16-14(20)17-12-2-1-3-13-10(12)4-5-19-13/h1-3,9,11H,4-8,15H2,(H2,16,17,20)/t9?,11-/m0/s1. The van der Waals surface area contributed by atoms with Gasteiger partial charge < -0.3 is 25.8 Å². The summed E-state index contributed by atoms with van der Waals surface area (Å²) in [6.07, 6.45) is 0.919. The van der Waals surface area contributed by atoms with Crippen molar-refractivity contribution in [3.05, 3.63) is 23.8 Å². The number of hydrogen-bond acceptors (Lipinski definition) is 4. The molecule has 2 heterocycles. The van der Waals surface area contributed by atoms with Crippen LogP contribution in [0.15, 0.2) is 18.2 Å². The number of ether oxygens (including phenoxy) is 2. The van der Waals surface area contributed by atoms with Gasteiger partial charge in [0.2, 0.25) is 0 Å². The van der Waals surface area contributed by atoms with Crippen molar-refractivity contribution in [1.29, 1.82) is 0 Å². The van der Waals surface area contributed by atoms with Crippen LogP contribution in [0.5, 0.6) is 5.75 Å². The van der Waals surface area contributed by atoms with E-state index in [-0.39, 0.29) is 6.04 Å². The van der Waals surface area contributed by atoms with Gasteiger partial charge in [-0.1, -0.05) is 6.07 Å². The van der Waals surface area contributed by atoms with Crippen LogP contribution in [0.25, 0.3) is 0 Å². The number of benzene rings is 1. The fourth-order valence-electron chi connectivity index (χ4n) is 2.55. The van der Waals surface area contributed by atoms with Crippen LogP contribution in [0, 0.1) is 5.92 Å². The van der Waals surface area contributed by atoms with Crippen molar-refractivity contribution < 1.29 is 9.47 Å². The number of rotatable bonds is 3. The molecule has 0 aromatic heterocycles. The lowest BCUT2D eigenvalue weighted by molar-refractivity contribution is 0.184. The molecule has 20 heavy (non-hydrogen) atoms. The highest BCUT2D eigenvalue weighted by Crippen LogP contribution is 2.31. The zero-order valence-corrected chi connectivity index (χ0v) is 12.0. The summed E-state index contributed by atoms with van der Waals surface area (Å²) in [5, 5.41) is 7.07. The van der Waals surface area contributed by atoms with Gasteiger partial charge in [-0.3, -0.25) is 0 Å². The molecular weight excluding hydrogens is 274 g/mol. The minimum atomic E-state index is 0.0969. The maximum absolute atomic E-state index is 5.95. The molecule has 1 fully saturated rings. The minimum Gasteiger partial charge on any atom is -0.493 e. The highest BCUT2D eigenvalue weighted by atomic mass is 32.1. The molecule has 0 spiro atoms. The zero-order chi connectivity index (χ0) is 13.9. The van der Waals surface area contributed by atoms with E-state index in [0.717, 1.165) is 31.0 Å². The Labute approximate surface area is 123 Å².